The number of aromatic amines is 1. The average Bonchev–Trinajstić information content (AvgIpc) is 3.35. The summed E-state index contributed by atoms with van der Waals surface area (Å²) in [5, 5.41) is 14.0. The van der Waals surface area contributed by atoms with Crippen LogP contribution in [0, 0.1) is 0 Å². The van der Waals surface area contributed by atoms with Crippen molar-refractivity contribution in [2.45, 2.75) is 13.2 Å². The molecule has 0 atom stereocenters. The Kier molecular flexibility index (Phi) is 4.20. The highest BCUT2D eigenvalue weighted by Crippen LogP contribution is 2.21. The summed E-state index contributed by atoms with van der Waals surface area (Å²) >= 11 is 0. The van der Waals surface area contributed by atoms with Gasteiger partial charge in [-0.05, 0) is 16.8 Å². The number of aromatic nitrogens is 6. The molecule has 4 rings (SSSR count). The number of nitrogens with one attached hydrogen (secondary N) is 1. The van der Waals surface area contributed by atoms with Crippen LogP contribution in [0.4, 0.5) is 0 Å². The molecule has 4 aromatic rings. The first-order valence-corrected chi connectivity index (χ1v) is 7.88. The van der Waals surface area contributed by atoms with Crippen LogP contribution in [0.5, 0.6) is 5.75 Å². The van der Waals surface area contributed by atoms with Crippen molar-refractivity contribution in [2.24, 2.45) is 0 Å². The van der Waals surface area contributed by atoms with Gasteiger partial charge in [0.15, 0.2) is 0 Å². The molecule has 0 bridgehead atoms. The molecule has 0 unspecified atom stereocenters. The lowest BCUT2D eigenvalue weighted by molar-refractivity contribution is 0.302. The Morgan fingerprint density at radius 1 is 1.04 bits per heavy atom. The summed E-state index contributed by atoms with van der Waals surface area (Å²) in [6.45, 7) is 1.22. The molecule has 2 aromatic heterocycles. The van der Waals surface area contributed by atoms with E-state index < -0.39 is 0 Å². The van der Waals surface area contributed by atoms with Gasteiger partial charge in [0.2, 0.25) is 5.82 Å². The van der Waals surface area contributed by atoms with Gasteiger partial charge in [0.1, 0.15) is 12.4 Å². The van der Waals surface area contributed by atoms with Crippen LogP contribution < -0.4 is 4.74 Å². The molecule has 0 spiro atoms. The lowest BCUT2D eigenvalue weighted by Crippen LogP contribution is -2.02. The first-order chi connectivity index (χ1) is 12.4. The van der Waals surface area contributed by atoms with E-state index in [4.69, 9.17) is 4.74 Å². The van der Waals surface area contributed by atoms with Gasteiger partial charge in [-0.15, -0.1) is 10.2 Å². The van der Waals surface area contributed by atoms with Gasteiger partial charge in [0.05, 0.1) is 12.9 Å². The average molecular weight is 332 g/mol. The van der Waals surface area contributed by atoms with Crippen LogP contribution in [0.1, 0.15) is 11.1 Å². The number of benzene rings is 2. The number of nitrogens with zero attached hydrogens (tertiary/aromatic N) is 5. The lowest BCUT2D eigenvalue weighted by atomic mass is 10.1. The van der Waals surface area contributed by atoms with Crippen molar-refractivity contribution >= 4 is 0 Å². The molecular weight excluding hydrogens is 316 g/mol. The van der Waals surface area contributed by atoms with Crippen LogP contribution in [0.2, 0.25) is 0 Å². The fourth-order valence-electron chi connectivity index (χ4n) is 2.55. The van der Waals surface area contributed by atoms with E-state index in [-0.39, 0.29) is 0 Å². The number of ether oxygens (including phenoxy) is 1. The second-order valence-electron chi connectivity index (χ2n) is 5.56. The fourth-order valence-corrected chi connectivity index (χ4v) is 2.55. The molecule has 2 aromatic carbocycles. The zero-order chi connectivity index (χ0) is 16.9. The van der Waals surface area contributed by atoms with Gasteiger partial charge in [-0.3, -0.25) is 0 Å². The van der Waals surface area contributed by atoms with Gasteiger partial charge >= 0.3 is 0 Å². The van der Waals surface area contributed by atoms with Crippen molar-refractivity contribution < 1.29 is 4.74 Å². The largest absolute Gasteiger partial charge is 0.489 e. The van der Waals surface area contributed by atoms with Crippen molar-refractivity contribution in [3.8, 4) is 17.1 Å². The number of hydrogen-bond acceptors (Lipinski definition) is 5. The van der Waals surface area contributed by atoms with Crippen LogP contribution >= 0.6 is 0 Å². The quantitative estimate of drug-likeness (QED) is 0.587. The van der Waals surface area contributed by atoms with E-state index in [1.807, 2.05) is 53.2 Å². The maximum atomic E-state index is 6.02. The molecule has 0 saturated carbocycles. The minimum absolute atomic E-state index is 0.494. The fraction of sp³-hybridized carbons (Fsp3) is 0.111. The van der Waals surface area contributed by atoms with Crippen LogP contribution in [0.25, 0.3) is 11.4 Å². The van der Waals surface area contributed by atoms with Crippen LogP contribution in [0.3, 0.4) is 0 Å². The van der Waals surface area contributed by atoms with E-state index in [1.165, 1.54) is 0 Å². The van der Waals surface area contributed by atoms with Gasteiger partial charge in [0, 0.05) is 23.5 Å². The monoisotopic (exact) mass is 332 g/mol. The SMILES string of the molecule is c1ccc(OCc2ccc(-c3nn[nH]n3)cc2)c(Cn2ccnc2)c1. The van der Waals surface area contributed by atoms with Gasteiger partial charge in [-0.25, -0.2) is 4.98 Å². The Morgan fingerprint density at radius 2 is 1.92 bits per heavy atom. The topological polar surface area (TPSA) is 81.5 Å². The van der Waals surface area contributed by atoms with E-state index >= 15 is 0 Å². The van der Waals surface area contributed by atoms with Crippen LogP contribution in [-0.4, -0.2) is 30.2 Å². The molecule has 25 heavy (non-hydrogen) atoms. The molecule has 0 aliphatic heterocycles. The lowest BCUT2D eigenvalue weighted by Gasteiger charge is -2.12. The molecule has 0 fully saturated rings. The molecule has 0 aliphatic rings. The first kappa shape index (κ1) is 15.1. The highest BCUT2D eigenvalue weighted by atomic mass is 16.5. The minimum atomic E-state index is 0.494. The third kappa shape index (κ3) is 3.55. The van der Waals surface area contributed by atoms with Crippen LogP contribution in [-0.2, 0) is 13.2 Å². The highest BCUT2D eigenvalue weighted by molar-refractivity contribution is 5.54. The van der Waals surface area contributed by atoms with Crippen molar-refractivity contribution in [1.29, 1.82) is 0 Å². The molecule has 1 N–H and O–H groups in total. The molecule has 0 amide bonds. The number of rotatable bonds is 6. The smallest absolute Gasteiger partial charge is 0.204 e. The summed E-state index contributed by atoms with van der Waals surface area (Å²) < 4.78 is 8.03. The normalized spacial score (nSPS) is 10.7. The molecule has 0 saturated heterocycles. The Hall–Kier alpha value is -3.48. The summed E-state index contributed by atoms with van der Waals surface area (Å²) in [6, 6.07) is 16.0. The van der Waals surface area contributed by atoms with Gasteiger partial charge in [-0.1, -0.05) is 42.5 Å². The standard InChI is InChI=1S/C18H16N6O/c1-2-4-17(16(3-1)11-24-10-9-19-13-24)25-12-14-5-7-15(8-6-14)18-20-22-23-21-18/h1-10,13H,11-12H2,(H,20,21,22,23). The number of tetrazole rings is 1. The summed E-state index contributed by atoms with van der Waals surface area (Å²) in [5.74, 6) is 1.46. The Bertz CT molecular complexity index is 917. The highest BCUT2D eigenvalue weighted by Gasteiger charge is 2.06. The summed E-state index contributed by atoms with van der Waals surface area (Å²) in [6.07, 6.45) is 5.51. The zero-order valence-corrected chi connectivity index (χ0v) is 13.4. The summed E-state index contributed by atoms with van der Waals surface area (Å²) in [4.78, 5) is 4.08. The first-order valence-electron chi connectivity index (χ1n) is 7.88. The maximum absolute atomic E-state index is 6.02. The van der Waals surface area contributed by atoms with Gasteiger partial charge in [0.25, 0.3) is 0 Å². The zero-order valence-electron chi connectivity index (χ0n) is 13.4. The number of para-hydroxylation sites is 1. The molecule has 0 radical (unpaired) electrons. The minimum Gasteiger partial charge on any atom is -0.489 e. The Labute approximate surface area is 144 Å². The number of imidazole rings is 1. The predicted molar refractivity (Wildman–Crippen MR) is 91.7 cm³/mol. The van der Waals surface area contributed by atoms with Crippen molar-refractivity contribution in [3.05, 3.63) is 78.4 Å². The van der Waals surface area contributed by atoms with Gasteiger partial charge < -0.3 is 9.30 Å². The van der Waals surface area contributed by atoms with E-state index in [2.05, 4.69) is 31.7 Å². The molecular formula is C18H16N6O. The van der Waals surface area contributed by atoms with E-state index in [0.29, 0.717) is 12.4 Å². The van der Waals surface area contributed by atoms with Crippen molar-refractivity contribution in [2.75, 3.05) is 0 Å². The Morgan fingerprint density at radius 3 is 2.68 bits per heavy atom. The number of H-pyrrole nitrogens is 1. The van der Waals surface area contributed by atoms with Crippen LogP contribution in [0.15, 0.2) is 67.3 Å². The molecule has 7 nitrogen and oxygen atoms in total. The predicted octanol–water partition coefficient (Wildman–Crippen LogP) is 2.69. The van der Waals surface area contributed by atoms with Crippen molar-refractivity contribution in [3.63, 3.8) is 0 Å². The second-order valence-corrected chi connectivity index (χ2v) is 5.56. The maximum Gasteiger partial charge on any atom is 0.204 e. The van der Waals surface area contributed by atoms with Crippen molar-refractivity contribution in [1.82, 2.24) is 30.2 Å². The third-order valence-electron chi connectivity index (χ3n) is 3.84. The summed E-state index contributed by atoms with van der Waals surface area (Å²) in [7, 11) is 0. The van der Waals surface area contributed by atoms with Gasteiger partial charge in [-0.2, -0.15) is 5.21 Å². The molecule has 124 valence electrons. The third-order valence-corrected chi connectivity index (χ3v) is 3.84. The van der Waals surface area contributed by atoms with E-state index in [0.717, 1.165) is 29.0 Å². The summed E-state index contributed by atoms with van der Waals surface area (Å²) in [5.41, 5.74) is 3.10. The van der Waals surface area contributed by atoms with E-state index in [9.17, 15) is 0 Å². The molecule has 2 heterocycles. The molecule has 7 heteroatoms. The second kappa shape index (κ2) is 6.96. The molecule has 0 aliphatic carbocycles. The Balaban J connectivity index is 1.44. The van der Waals surface area contributed by atoms with E-state index in [1.54, 1.807) is 12.5 Å². The number of hydrogen-bond donors (Lipinski definition) is 1.